The Balaban J connectivity index is 1.60. The van der Waals surface area contributed by atoms with Gasteiger partial charge in [0.1, 0.15) is 6.61 Å². The molecule has 0 unspecified atom stereocenters. The molecule has 1 aromatic carbocycles. The molecule has 24 heavy (non-hydrogen) atoms. The summed E-state index contributed by atoms with van der Waals surface area (Å²) in [6.45, 7) is 4.47. The summed E-state index contributed by atoms with van der Waals surface area (Å²) >= 11 is 0. The summed E-state index contributed by atoms with van der Waals surface area (Å²) < 4.78 is 6.90. The summed E-state index contributed by atoms with van der Waals surface area (Å²) in [7, 11) is 0. The second-order valence-corrected chi connectivity index (χ2v) is 5.83. The predicted molar refractivity (Wildman–Crippen MR) is 90.8 cm³/mol. The molecule has 1 aliphatic heterocycles. The fourth-order valence-electron chi connectivity index (χ4n) is 2.87. The molecule has 2 aromatic rings. The highest BCUT2D eigenvalue weighted by atomic mass is 16.6. The highest BCUT2D eigenvalue weighted by molar-refractivity contribution is 5.91. The third-order valence-electron chi connectivity index (χ3n) is 4.03. The van der Waals surface area contributed by atoms with Crippen molar-refractivity contribution >= 4 is 29.0 Å². The highest BCUT2D eigenvalue weighted by Crippen LogP contribution is 2.20. The molecule has 2 heterocycles. The van der Waals surface area contributed by atoms with Gasteiger partial charge < -0.3 is 14.2 Å². The molecule has 1 N–H and O–H groups in total. The van der Waals surface area contributed by atoms with E-state index in [4.69, 9.17) is 4.74 Å². The summed E-state index contributed by atoms with van der Waals surface area (Å²) in [6, 6.07) is 7.85. The van der Waals surface area contributed by atoms with E-state index in [0.717, 1.165) is 24.0 Å². The van der Waals surface area contributed by atoms with E-state index in [2.05, 4.69) is 17.2 Å². The van der Waals surface area contributed by atoms with Gasteiger partial charge in [0.15, 0.2) is 0 Å². The third kappa shape index (κ3) is 3.50. The molecule has 2 amide bonds. The highest BCUT2D eigenvalue weighted by Gasteiger charge is 2.21. The average Bonchev–Trinajstić information content (AvgIpc) is 3.12. The van der Waals surface area contributed by atoms with Gasteiger partial charge in [0.2, 0.25) is 11.9 Å². The Kier molecular flexibility index (Phi) is 4.98. The van der Waals surface area contributed by atoms with Gasteiger partial charge in [-0.15, -0.1) is 0 Å². The van der Waals surface area contributed by atoms with Gasteiger partial charge in [-0.3, -0.25) is 10.1 Å². The number of hydrogen-bond acceptors (Lipinski definition) is 4. The standard InChI is InChI=1S/C17H22N4O3/c1-2-9-21-14-7-4-3-6-13(14)18-16(21)19-15(22)8-5-10-20-11-12-24-17(20)23/h3-4,6-7H,2,5,8-12H2,1H3,(H,18,19,22). The van der Waals surface area contributed by atoms with E-state index >= 15 is 0 Å². The maximum Gasteiger partial charge on any atom is 0.409 e. The maximum absolute atomic E-state index is 12.2. The van der Waals surface area contributed by atoms with E-state index < -0.39 is 0 Å². The molecule has 128 valence electrons. The molecule has 0 saturated carbocycles. The first-order chi connectivity index (χ1) is 11.7. The Morgan fingerprint density at radius 1 is 1.33 bits per heavy atom. The Labute approximate surface area is 140 Å². The van der Waals surface area contributed by atoms with Crippen molar-refractivity contribution in [3.63, 3.8) is 0 Å². The number of rotatable bonds is 7. The van der Waals surface area contributed by atoms with Crippen molar-refractivity contribution in [3.8, 4) is 0 Å². The van der Waals surface area contributed by atoms with E-state index in [1.807, 2.05) is 28.8 Å². The number of amides is 2. The zero-order valence-electron chi connectivity index (χ0n) is 13.8. The molecule has 3 rings (SSSR count). The molecule has 1 fully saturated rings. The van der Waals surface area contributed by atoms with Crippen molar-refractivity contribution in [2.24, 2.45) is 0 Å². The van der Waals surface area contributed by atoms with E-state index in [1.54, 1.807) is 4.90 Å². The van der Waals surface area contributed by atoms with Crippen molar-refractivity contribution in [3.05, 3.63) is 24.3 Å². The van der Waals surface area contributed by atoms with Crippen LogP contribution >= 0.6 is 0 Å². The van der Waals surface area contributed by atoms with Gasteiger partial charge in [-0.05, 0) is 25.0 Å². The van der Waals surface area contributed by atoms with E-state index in [1.165, 1.54) is 0 Å². The number of fused-ring (bicyclic) bond motifs is 1. The number of anilines is 1. The molecule has 0 atom stereocenters. The minimum atomic E-state index is -0.292. The second-order valence-electron chi connectivity index (χ2n) is 5.83. The largest absolute Gasteiger partial charge is 0.448 e. The lowest BCUT2D eigenvalue weighted by Crippen LogP contribution is -2.26. The van der Waals surface area contributed by atoms with Gasteiger partial charge in [0.25, 0.3) is 0 Å². The van der Waals surface area contributed by atoms with Crippen molar-refractivity contribution in [2.45, 2.75) is 32.7 Å². The summed E-state index contributed by atoms with van der Waals surface area (Å²) in [4.78, 5) is 29.7. The quantitative estimate of drug-likeness (QED) is 0.846. The van der Waals surface area contributed by atoms with Gasteiger partial charge in [-0.25, -0.2) is 9.78 Å². The van der Waals surface area contributed by atoms with Crippen molar-refractivity contribution < 1.29 is 14.3 Å². The number of aryl methyl sites for hydroxylation is 1. The number of cyclic esters (lactones) is 1. The van der Waals surface area contributed by atoms with Gasteiger partial charge in [-0.1, -0.05) is 19.1 Å². The average molecular weight is 330 g/mol. The number of imidazole rings is 1. The van der Waals surface area contributed by atoms with Gasteiger partial charge in [-0.2, -0.15) is 0 Å². The molecule has 7 heteroatoms. The number of para-hydroxylation sites is 2. The minimum absolute atomic E-state index is 0.0878. The number of carbonyl (C=O) groups excluding carboxylic acids is 2. The van der Waals surface area contributed by atoms with Crippen molar-refractivity contribution in [1.82, 2.24) is 14.5 Å². The maximum atomic E-state index is 12.2. The fraction of sp³-hybridized carbons (Fsp3) is 0.471. The summed E-state index contributed by atoms with van der Waals surface area (Å²) in [5.74, 6) is 0.499. The van der Waals surface area contributed by atoms with Crippen LogP contribution in [0, 0.1) is 0 Å². The fourth-order valence-corrected chi connectivity index (χ4v) is 2.87. The lowest BCUT2D eigenvalue weighted by molar-refractivity contribution is -0.116. The summed E-state index contributed by atoms with van der Waals surface area (Å²) in [5, 5.41) is 2.90. The molecule has 1 aliphatic rings. The van der Waals surface area contributed by atoms with E-state index in [-0.39, 0.29) is 12.0 Å². The minimum Gasteiger partial charge on any atom is -0.448 e. The third-order valence-corrected chi connectivity index (χ3v) is 4.03. The van der Waals surface area contributed by atoms with Crippen LogP contribution in [0.1, 0.15) is 26.2 Å². The van der Waals surface area contributed by atoms with E-state index in [9.17, 15) is 9.59 Å². The van der Waals surface area contributed by atoms with Crippen LogP contribution in [-0.2, 0) is 16.1 Å². The molecule has 0 spiro atoms. The Morgan fingerprint density at radius 3 is 2.92 bits per heavy atom. The van der Waals surface area contributed by atoms with Crippen LogP contribution in [0.15, 0.2) is 24.3 Å². The molecule has 1 saturated heterocycles. The van der Waals surface area contributed by atoms with Crippen LogP contribution < -0.4 is 5.32 Å². The zero-order valence-corrected chi connectivity index (χ0v) is 13.8. The Morgan fingerprint density at radius 2 is 2.17 bits per heavy atom. The number of nitrogens with zero attached hydrogens (tertiary/aromatic N) is 3. The number of benzene rings is 1. The van der Waals surface area contributed by atoms with Gasteiger partial charge in [0.05, 0.1) is 17.6 Å². The number of hydrogen-bond donors (Lipinski definition) is 1. The topological polar surface area (TPSA) is 76.5 Å². The Hall–Kier alpha value is -2.57. The number of nitrogens with one attached hydrogen (secondary N) is 1. The predicted octanol–water partition coefficient (Wildman–Crippen LogP) is 2.62. The van der Waals surface area contributed by atoms with Crippen LogP contribution in [-0.4, -0.2) is 46.1 Å². The van der Waals surface area contributed by atoms with Crippen LogP contribution in [0.4, 0.5) is 10.7 Å². The first kappa shape index (κ1) is 16.3. The second kappa shape index (κ2) is 7.33. The lowest BCUT2D eigenvalue weighted by atomic mass is 10.3. The van der Waals surface area contributed by atoms with Crippen LogP contribution in [0.3, 0.4) is 0 Å². The number of ether oxygens (including phenoxy) is 1. The Bertz CT molecular complexity index is 741. The first-order valence-electron chi connectivity index (χ1n) is 8.36. The smallest absolute Gasteiger partial charge is 0.409 e. The van der Waals surface area contributed by atoms with Gasteiger partial charge >= 0.3 is 6.09 Å². The monoisotopic (exact) mass is 330 g/mol. The molecule has 1 aromatic heterocycles. The van der Waals surface area contributed by atoms with Crippen molar-refractivity contribution in [2.75, 3.05) is 25.0 Å². The number of aromatic nitrogens is 2. The molecule has 0 radical (unpaired) electrons. The summed E-state index contributed by atoms with van der Waals surface area (Å²) in [5.41, 5.74) is 1.90. The molecule has 7 nitrogen and oxygen atoms in total. The molecule has 0 bridgehead atoms. The first-order valence-corrected chi connectivity index (χ1v) is 8.36. The van der Waals surface area contributed by atoms with Crippen LogP contribution in [0.2, 0.25) is 0 Å². The SMILES string of the molecule is CCCn1c(NC(=O)CCCN2CCOC2=O)nc2ccccc21. The zero-order chi connectivity index (χ0) is 16.9. The van der Waals surface area contributed by atoms with Crippen LogP contribution in [0.5, 0.6) is 0 Å². The molecular weight excluding hydrogens is 308 g/mol. The lowest BCUT2D eigenvalue weighted by Gasteiger charge is -2.12. The summed E-state index contributed by atoms with van der Waals surface area (Å²) in [6.07, 6.45) is 1.62. The molecule has 0 aliphatic carbocycles. The molecular formula is C17H22N4O3. The van der Waals surface area contributed by atoms with Crippen molar-refractivity contribution in [1.29, 1.82) is 0 Å². The van der Waals surface area contributed by atoms with Crippen LogP contribution in [0.25, 0.3) is 11.0 Å². The number of carbonyl (C=O) groups is 2. The van der Waals surface area contributed by atoms with E-state index in [0.29, 0.717) is 38.5 Å². The van der Waals surface area contributed by atoms with Gasteiger partial charge in [0, 0.05) is 19.5 Å². The normalized spacial score (nSPS) is 14.2.